The third-order valence-corrected chi connectivity index (χ3v) is 4.53. The maximum Gasteiger partial charge on any atom is 0.264 e. The highest BCUT2D eigenvalue weighted by Gasteiger charge is 2.22. The van der Waals surface area contributed by atoms with Gasteiger partial charge in [0.05, 0.1) is 4.88 Å². The fourth-order valence-corrected chi connectivity index (χ4v) is 3.20. The molecule has 1 aromatic heterocycles. The first-order valence-electron chi connectivity index (χ1n) is 7.01. The van der Waals surface area contributed by atoms with E-state index in [1.54, 1.807) is 12.1 Å². The first kappa shape index (κ1) is 14.4. The van der Waals surface area contributed by atoms with E-state index in [1.807, 2.05) is 34.5 Å². The smallest absolute Gasteiger partial charge is 0.264 e. The van der Waals surface area contributed by atoms with Gasteiger partial charge in [-0.1, -0.05) is 23.3 Å². The van der Waals surface area contributed by atoms with Crippen LogP contribution in [0, 0.1) is 0 Å². The second kappa shape index (κ2) is 6.51. The molecular weight excluding hydrogens is 298 g/mol. The molecule has 1 aromatic carbocycles. The van der Waals surface area contributed by atoms with Gasteiger partial charge >= 0.3 is 0 Å². The van der Waals surface area contributed by atoms with Crippen molar-refractivity contribution in [1.29, 1.82) is 0 Å². The molecule has 0 atom stereocenters. The Balaban J connectivity index is 1.61. The van der Waals surface area contributed by atoms with Crippen molar-refractivity contribution >= 4 is 28.6 Å². The van der Waals surface area contributed by atoms with E-state index in [2.05, 4.69) is 14.9 Å². The van der Waals surface area contributed by atoms with Crippen LogP contribution >= 0.6 is 11.3 Å². The van der Waals surface area contributed by atoms with Gasteiger partial charge in [0.25, 0.3) is 5.91 Å². The highest BCUT2D eigenvalue weighted by molar-refractivity contribution is 7.12. The molecule has 2 aromatic rings. The van der Waals surface area contributed by atoms with Gasteiger partial charge in [-0.05, 0) is 29.1 Å². The molecule has 112 valence electrons. The van der Waals surface area contributed by atoms with E-state index in [-0.39, 0.29) is 5.91 Å². The predicted molar refractivity (Wildman–Crippen MR) is 87.7 cm³/mol. The van der Waals surface area contributed by atoms with Crippen molar-refractivity contribution < 1.29 is 4.79 Å². The number of thiophene rings is 1. The summed E-state index contributed by atoms with van der Waals surface area (Å²) in [4.78, 5) is 20.0. The number of anilines is 1. The molecule has 1 aliphatic heterocycles. The Bertz CT molecular complexity index is 683. The van der Waals surface area contributed by atoms with Gasteiger partial charge in [-0.2, -0.15) is 0 Å². The van der Waals surface area contributed by atoms with Crippen molar-refractivity contribution in [1.82, 2.24) is 4.90 Å². The van der Waals surface area contributed by atoms with Gasteiger partial charge in [0.2, 0.25) is 0 Å². The molecular formula is C15H15N5OS. The summed E-state index contributed by atoms with van der Waals surface area (Å²) in [6.07, 6.45) is 0. The van der Waals surface area contributed by atoms with Crippen LogP contribution in [-0.2, 0) is 0 Å². The molecule has 1 aliphatic rings. The van der Waals surface area contributed by atoms with E-state index in [1.165, 1.54) is 11.3 Å². The van der Waals surface area contributed by atoms with Crippen molar-refractivity contribution in [3.63, 3.8) is 0 Å². The first-order valence-corrected chi connectivity index (χ1v) is 7.89. The van der Waals surface area contributed by atoms with Gasteiger partial charge < -0.3 is 9.80 Å². The molecule has 3 rings (SSSR count). The standard InChI is InChI=1S/C15H15N5OS/c16-18-17-12-3-5-13(6-4-12)19-7-9-20(10-8-19)15(21)14-2-1-11-22-14/h1-6,11H,7-10H2. The van der Waals surface area contributed by atoms with Gasteiger partial charge in [-0.25, -0.2) is 0 Å². The largest absolute Gasteiger partial charge is 0.368 e. The zero-order valence-corrected chi connectivity index (χ0v) is 12.7. The van der Waals surface area contributed by atoms with Crippen LogP contribution in [0.5, 0.6) is 0 Å². The lowest BCUT2D eigenvalue weighted by Gasteiger charge is -2.36. The van der Waals surface area contributed by atoms with Gasteiger partial charge in [0, 0.05) is 42.5 Å². The van der Waals surface area contributed by atoms with E-state index in [4.69, 9.17) is 5.53 Å². The summed E-state index contributed by atoms with van der Waals surface area (Å²) in [5.41, 5.74) is 10.1. The van der Waals surface area contributed by atoms with Crippen LogP contribution in [0.2, 0.25) is 0 Å². The Morgan fingerprint density at radius 2 is 1.86 bits per heavy atom. The first-order chi connectivity index (χ1) is 10.8. The minimum atomic E-state index is 0.119. The van der Waals surface area contributed by atoms with E-state index in [0.29, 0.717) is 5.69 Å². The van der Waals surface area contributed by atoms with Crippen LogP contribution < -0.4 is 4.90 Å². The maximum absolute atomic E-state index is 12.3. The zero-order valence-electron chi connectivity index (χ0n) is 11.9. The Morgan fingerprint density at radius 3 is 2.45 bits per heavy atom. The van der Waals surface area contributed by atoms with Gasteiger partial charge in [-0.15, -0.1) is 11.3 Å². The Hall–Kier alpha value is -2.50. The lowest BCUT2D eigenvalue weighted by molar-refractivity contribution is 0.0751. The second-order valence-corrected chi connectivity index (χ2v) is 5.91. The van der Waals surface area contributed by atoms with E-state index in [9.17, 15) is 4.79 Å². The SMILES string of the molecule is [N-]=[N+]=Nc1ccc(N2CCN(C(=O)c3cccs3)CC2)cc1. The van der Waals surface area contributed by atoms with Crippen LogP contribution in [0.15, 0.2) is 46.9 Å². The molecule has 0 bridgehead atoms. The number of benzene rings is 1. The number of piperazine rings is 1. The summed E-state index contributed by atoms with van der Waals surface area (Å²) in [6, 6.07) is 11.3. The van der Waals surface area contributed by atoms with Crippen LogP contribution in [0.1, 0.15) is 9.67 Å². The van der Waals surface area contributed by atoms with Crippen LogP contribution in [0.3, 0.4) is 0 Å². The summed E-state index contributed by atoms with van der Waals surface area (Å²) in [6.45, 7) is 3.04. The van der Waals surface area contributed by atoms with Crippen LogP contribution in [-0.4, -0.2) is 37.0 Å². The number of nitrogens with zero attached hydrogens (tertiary/aromatic N) is 5. The fourth-order valence-electron chi connectivity index (χ4n) is 2.51. The lowest BCUT2D eigenvalue weighted by atomic mass is 10.2. The molecule has 0 aliphatic carbocycles. The highest BCUT2D eigenvalue weighted by atomic mass is 32.1. The number of amides is 1. The molecule has 0 saturated carbocycles. The Kier molecular flexibility index (Phi) is 4.27. The zero-order chi connectivity index (χ0) is 15.4. The number of rotatable bonds is 3. The Morgan fingerprint density at radius 1 is 1.14 bits per heavy atom. The monoisotopic (exact) mass is 313 g/mol. The molecule has 0 radical (unpaired) electrons. The van der Waals surface area contributed by atoms with Crippen molar-refractivity contribution in [3.05, 3.63) is 57.1 Å². The molecule has 2 heterocycles. The Labute approximate surface area is 132 Å². The number of hydrogen-bond acceptors (Lipinski definition) is 4. The van der Waals surface area contributed by atoms with Crippen molar-refractivity contribution in [2.45, 2.75) is 0 Å². The minimum Gasteiger partial charge on any atom is -0.368 e. The van der Waals surface area contributed by atoms with E-state index >= 15 is 0 Å². The molecule has 22 heavy (non-hydrogen) atoms. The minimum absolute atomic E-state index is 0.119. The summed E-state index contributed by atoms with van der Waals surface area (Å²) in [5, 5.41) is 5.49. The molecule has 1 fully saturated rings. The molecule has 7 heteroatoms. The fraction of sp³-hybridized carbons (Fsp3) is 0.267. The van der Waals surface area contributed by atoms with E-state index < -0.39 is 0 Å². The number of hydrogen-bond donors (Lipinski definition) is 0. The number of carbonyl (C=O) groups excluding carboxylic acids is 1. The van der Waals surface area contributed by atoms with Crippen LogP contribution in [0.25, 0.3) is 10.4 Å². The summed E-state index contributed by atoms with van der Waals surface area (Å²) in [7, 11) is 0. The molecule has 1 saturated heterocycles. The third-order valence-electron chi connectivity index (χ3n) is 3.67. The molecule has 0 N–H and O–H groups in total. The average molecular weight is 313 g/mol. The lowest BCUT2D eigenvalue weighted by Crippen LogP contribution is -2.48. The van der Waals surface area contributed by atoms with Crippen molar-refractivity contribution in [2.75, 3.05) is 31.1 Å². The summed E-state index contributed by atoms with van der Waals surface area (Å²) < 4.78 is 0. The van der Waals surface area contributed by atoms with Crippen molar-refractivity contribution in [2.24, 2.45) is 5.11 Å². The topological polar surface area (TPSA) is 72.3 Å². The molecule has 0 spiro atoms. The second-order valence-electron chi connectivity index (χ2n) is 4.96. The normalized spacial score (nSPS) is 14.5. The van der Waals surface area contributed by atoms with Gasteiger partial charge in [0.1, 0.15) is 0 Å². The van der Waals surface area contributed by atoms with E-state index in [0.717, 1.165) is 36.7 Å². The highest BCUT2D eigenvalue weighted by Crippen LogP contribution is 2.22. The quantitative estimate of drug-likeness (QED) is 0.493. The molecule has 6 nitrogen and oxygen atoms in total. The van der Waals surface area contributed by atoms with Crippen molar-refractivity contribution in [3.8, 4) is 0 Å². The number of carbonyl (C=O) groups is 1. The average Bonchev–Trinajstić information content (AvgIpc) is 3.10. The molecule has 1 amide bonds. The van der Waals surface area contributed by atoms with Crippen LogP contribution in [0.4, 0.5) is 11.4 Å². The van der Waals surface area contributed by atoms with Gasteiger partial charge in [0.15, 0.2) is 0 Å². The summed E-state index contributed by atoms with van der Waals surface area (Å²) in [5.74, 6) is 0.119. The van der Waals surface area contributed by atoms with Gasteiger partial charge in [-0.3, -0.25) is 4.79 Å². The third kappa shape index (κ3) is 3.05. The summed E-state index contributed by atoms with van der Waals surface area (Å²) >= 11 is 1.48. The number of azide groups is 1. The predicted octanol–water partition coefficient (Wildman–Crippen LogP) is 3.65. The maximum atomic E-state index is 12.3. The molecule has 0 unspecified atom stereocenters.